The van der Waals surface area contributed by atoms with E-state index in [1.54, 1.807) is 13.8 Å². The Balaban J connectivity index is 3.72. The maximum absolute atomic E-state index is 11.1. The molecule has 0 radical (unpaired) electrons. The SMILES string of the molecule is CC(=O)CC(C)(C)NCCCCNC(C)(C)CC(C)=O. The molecule has 0 aromatic carbocycles. The molecular weight excluding hydrogens is 252 g/mol. The molecule has 0 atom stereocenters. The summed E-state index contributed by atoms with van der Waals surface area (Å²) in [5.74, 6) is 0.435. The van der Waals surface area contributed by atoms with E-state index in [9.17, 15) is 9.59 Å². The highest BCUT2D eigenvalue weighted by molar-refractivity contribution is 5.77. The molecule has 0 aliphatic heterocycles. The van der Waals surface area contributed by atoms with Crippen LogP contribution >= 0.6 is 0 Å². The zero-order valence-electron chi connectivity index (χ0n) is 14.1. The Labute approximate surface area is 124 Å². The van der Waals surface area contributed by atoms with Crippen molar-refractivity contribution in [3.05, 3.63) is 0 Å². The molecule has 0 bridgehead atoms. The van der Waals surface area contributed by atoms with Crippen LogP contribution in [-0.4, -0.2) is 35.7 Å². The first kappa shape index (κ1) is 19.3. The van der Waals surface area contributed by atoms with E-state index in [0.717, 1.165) is 25.9 Å². The topological polar surface area (TPSA) is 58.2 Å². The van der Waals surface area contributed by atoms with Crippen molar-refractivity contribution < 1.29 is 9.59 Å². The number of nitrogens with one attached hydrogen (secondary N) is 2. The molecule has 0 saturated heterocycles. The van der Waals surface area contributed by atoms with Gasteiger partial charge in [-0.05, 0) is 67.5 Å². The lowest BCUT2D eigenvalue weighted by Gasteiger charge is -2.26. The summed E-state index contributed by atoms with van der Waals surface area (Å²) in [4.78, 5) is 22.2. The maximum atomic E-state index is 11.1. The maximum Gasteiger partial charge on any atom is 0.131 e. The molecule has 0 aliphatic carbocycles. The van der Waals surface area contributed by atoms with Crippen molar-refractivity contribution in [3.63, 3.8) is 0 Å². The van der Waals surface area contributed by atoms with E-state index in [1.165, 1.54) is 0 Å². The number of carbonyl (C=O) groups is 2. The van der Waals surface area contributed by atoms with Gasteiger partial charge in [-0.3, -0.25) is 9.59 Å². The predicted molar refractivity (Wildman–Crippen MR) is 84.0 cm³/mol. The van der Waals surface area contributed by atoms with Crippen molar-refractivity contribution in [1.29, 1.82) is 0 Å². The van der Waals surface area contributed by atoms with Crippen LogP contribution in [0.5, 0.6) is 0 Å². The third-order valence-corrected chi connectivity index (χ3v) is 3.19. The molecule has 4 nitrogen and oxygen atoms in total. The minimum atomic E-state index is -0.118. The predicted octanol–water partition coefficient (Wildman–Crippen LogP) is 2.46. The van der Waals surface area contributed by atoms with E-state index < -0.39 is 0 Å². The Bertz CT molecular complexity index is 290. The Morgan fingerprint density at radius 3 is 1.30 bits per heavy atom. The zero-order valence-corrected chi connectivity index (χ0v) is 14.1. The zero-order chi connectivity index (χ0) is 15.8. The molecule has 0 fully saturated rings. The summed E-state index contributed by atoms with van der Waals surface area (Å²) >= 11 is 0. The number of ketones is 2. The quantitative estimate of drug-likeness (QED) is 0.572. The van der Waals surface area contributed by atoms with Crippen molar-refractivity contribution in [2.24, 2.45) is 0 Å². The van der Waals surface area contributed by atoms with Crippen LogP contribution in [0, 0.1) is 0 Å². The van der Waals surface area contributed by atoms with Gasteiger partial charge in [-0.15, -0.1) is 0 Å². The number of hydrogen-bond donors (Lipinski definition) is 2. The van der Waals surface area contributed by atoms with E-state index in [2.05, 4.69) is 38.3 Å². The summed E-state index contributed by atoms with van der Waals surface area (Å²) in [7, 11) is 0. The number of Topliss-reactive ketones (excluding diaryl/α,β-unsaturated/α-hetero) is 2. The third-order valence-electron chi connectivity index (χ3n) is 3.19. The van der Waals surface area contributed by atoms with Crippen LogP contribution in [0.1, 0.15) is 67.2 Å². The summed E-state index contributed by atoms with van der Waals surface area (Å²) in [6.07, 6.45) is 3.25. The lowest BCUT2D eigenvalue weighted by atomic mass is 9.97. The van der Waals surface area contributed by atoms with E-state index in [4.69, 9.17) is 0 Å². The number of hydrogen-bond acceptors (Lipinski definition) is 4. The standard InChI is InChI=1S/C16H32N2O2/c1-13(19)11-15(3,4)17-9-7-8-10-18-16(5,6)12-14(2)20/h17-18H,7-12H2,1-6H3. The molecule has 0 amide bonds. The molecular formula is C16H32N2O2. The highest BCUT2D eigenvalue weighted by Crippen LogP contribution is 2.10. The fourth-order valence-electron chi connectivity index (χ4n) is 2.47. The van der Waals surface area contributed by atoms with Crippen LogP contribution in [0.4, 0.5) is 0 Å². The van der Waals surface area contributed by atoms with Gasteiger partial charge in [0.05, 0.1) is 0 Å². The highest BCUT2D eigenvalue weighted by Gasteiger charge is 2.19. The first-order valence-corrected chi connectivity index (χ1v) is 7.53. The van der Waals surface area contributed by atoms with Crippen LogP contribution in [0.25, 0.3) is 0 Å². The summed E-state index contributed by atoms with van der Waals surface area (Å²) in [6.45, 7) is 13.3. The molecule has 0 rings (SSSR count). The average Bonchev–Trinajstić information content (AvgIpc) is 2.19. The van der Waals surface area contributed by atoms with Crippen molar-refractivity contribution in [3.8, 4) is 0 Å². The second kappa shape index (κ2) is 8.53. The largest absolute Gasteiger partial charge is 0.311 e. The van der Waals surface area contributed by atoms with Gasteiger partial charge in [-0.2, -0.15) is 0 Å². The monoisotopic (exact) mass is 284 g/mol. The number of unbranched alkanes of at least 4 members (excludes halogenated alkanes) is 1. The first-order valence-electron chi connectivity index (χ1n) is 7.53. The van der Waals surface area contributed by atoms with E-state index >= 15 is 0 Å². The first-order chi connectivity index (χ1) is 9.04. The number of rotatable bonds is 11. The summed E-state index contributed by atoms with van der Waals surface area (Å²) in [5, 5.41) is 6.83. The van der Waals surface area contributed by atoms with Crippen molar-refractivity contribution >= 4 is 11.6 Å². The molecule has 0 heterocycles. The Morgan fingerprint density at radius 2 is 1.05 bits per heavy atom. The van der Waals surface area contributed by atoms with Crippen LogP contribution < -0.4 is 10.6 Å². The van der Waals surface area contributed by atoms with Gasteiger partial charge in [0.2, 0.25) is 0 Å². The fourth-order valence-corrected chi connectivity index (χ4v) is 2.47. The molecule has 0 aliphatic rings. The van der Waals surface area contributed by atoms with Crippen LogP contribution in [-0.2, 0) is 9.59 Å². The van der Waals surface area contributed by atoms with Gasteiger partial charge in [0.25, 0.3) is 0 Å². The Morgan fingerprint density at radius 1 is 0.750 bits per heavy atom. The molecule has 0 aromatic rings. The minimum absolute atomic E-state index is 0.118. The molecule has 20 heavy (non-hydrogen) atoms. The summed E-state index contributed by atoms with van der Waals surface area (Å²) in [5.41, 5.74) is -0.236. The van der Waals surface area contributed by atoms with E-state index in [-0.39, 0.29) is 22.6 Å². The van der Waals surface area contributed by atoms with Gasteiger partial charge in [-0.1, -0.05) is 0 Å². The molecule has 0 unspecified atom stereocenters. The lowest BCUT2D eigenvalue weighted by molar-refractivity contribution is -0.119. The van der Waals surface area contributed by atoms with Gasteiger partial charge >= 0.3 is 0 Å². The average molecular weight is 284 g/mol. The summed E-state index contributed by atoms with van der Waals surface area (Å²) in [6, 6.07) is 0. The fraction of sp³-hybridized carbons (Fsp3) is 0.875. The van der Waals surface area contributed by atoms with Gasteiger partial charge < -0.3 is 10.6 Å². The molecule has 0 spiro atoms. The van der Waals surface area contributed by atoms with E-state index in [0.29, 0.717) is 12.8 Å². The Kier molecular flexibility index (Phi) is 8.21. The van der Waals surface area contributed by atoms with Gasteiger partial charge in [0, 0.05) is 23.9 Å². The summed E-state index contributed by atoms with van der Waals surface area (Å²) < 4.78 is 0. The van der Waals surface area contributed by atoms with Gasteiger partial charge in [-0.25, -0.2) is 0 Å². The van der Waals surface area contributed by atoms with Gasteiger partial charge in [0.15, 0.2) is 0 Å². The van der Waals surface area contributed by atoms with Crippen LogP contribution in [0.2, 0.25) is 0 Å². The second-order valence-corrected chi connectivity index (χ2v) is 7.09. The van der Waals surface area contributed by atoms with Crippen molar-refractivity contribution in [2.75, 3.05) is 13.1 Å². The smallest absolute Gasteiger partial charge is 0.131 e. The van der Waals surface area contributed by atoms with Crippen molar-refractivity contribution in [1.82, 2.24) is 10.6 Å². The van der Waals surface area contributed by atoms with Crippen LogP contribution in [0.3, 0.4) is 0 Å². The highest BCUT2D eigenvalue weighted by atomic mass is 16.1. The van der Waals surface area contributed by atoms with Crippen LogP contribution in [0.15, 0.2) is 0 Å². The molecule has 0 aromatic heterocycles. The normalized spacial score (nSPS) is 12.5. The molecule has 2 N–H and O–H groups in total. The molecule has 0 saturated carbocycles. The lowest BCUT2D eigenvalue weighted by Crippen LogP contribution is -2.42. The molecule has 118 valence electrons. The molecule has 4 heteroatoms. The second-order valence-electron chi connectivity index (χ2n) is 7.09. The van der Waals surface area contributed by atoms with Crippen molar-refractivity contribution in [2.45, 2.75) is 78.3 Å². The number of carbonyl (C=O) groups excluding carboxylic acids is 2. The van der Waals surface area contributed by atoms with Gasteiger partial charge in [0.1, 0.15) is 11.6 Å². The third kappa shape index (κ3) is 11.1. The van der Waals surface area contributed by atoms with E-state index in [1.807, 2.05) is 0 Å². The minimum Gasteiger partial charge on any atom is -0.311 e. The Hall–Kier alpha value is -0.740.